The van der Waals surface area contributed by atoms with Gasteiger partial charge in [-0.3, -0.25) is 4.79 Å². The van der Waals surface area contributed by atoms with Crippen molar-refractivity contribution in [2.45, 2.75) is 149 Å². The molecular formula is C38H65NO6Si. The molecule has 0 spiro atoms. The van der Waals surface area contributed by atoms with Crippen molar-refractivity contribution in [2.24, 2.45) is 17.8 Å². The lowest BCUT2D eigenvalue weighted by atomic mass is 9.78. The van der Waals surface area contributed by atoms with E-state index in [4.69, 9.17) is 13.9 Å². The molecule has 2 aliphatic rings. The number of amides is 1. The Bertz CT molecular complexity index is 1130. The van der Waals surface area contributed by atoms with Gasteiger partial charge in [-0.05, 0) is 69.5 Å². The molecule has 0 unspecified atom stereocenters. The number of hydrogen-bond donors (Lipinski definition) is 3. The summed E-state index contributed by atoms with van der Waals surface area (Å²) >= 11 is 0. The lowest BCUT2D eigenvalue weighted by Crippen LogP contribution is -2.63. The van der Waals surface area contributed by atoms with Crippen molar-refractivity contribution >= 4 is 14.2 Å². The van der Waals surface area contributed by atoms with Crippen LogP contribution in [0.2, 0.25) is 18.1 Å². The van der Waals surface area contributed by atoms with Gasteiger partial charge in [0.05, 0.1) is 18.8 Å². The summed E-state index contributed by atoms with van der Waals surface area (Å²) in [5.74, 6) is 0.415. The molecule has 0 aromatic rings. The maximum atomic E-state index is 12.9. The Labute approximate surface area is 281 Å². The Hall–Kier alpha value is -1.81. The molecule has 1 aliphatic heterocycles. The first-order chi connectivity index (χ1) is 21.2. The zero-order valence-corrected chi connectivity index (χ0v) is 31.8. The van der Waals surface area contributed by atoms with E-state index in [1.807, 2.05) is 38.2 Å². The number of aliphatic hydroxyl groups is 2. The van der Waals surface area contributed by atoms with Crippen LogP contribution in [-0.2, 0) is 18.7 Å². The van der Waals surface area contributed by atoms with Crippen LogP contribution in [0.5, 0.6) is 0 Å². The molecule has 0 aromatic carbocycles. The molecule has 0 radical (unpaired) electrons. The first-order valence-corrected chi connectivity index (χ1v) is 20.2. The third-order valence-electron chi connectivity index (χ3n) is 9.64. The van der Waals surface area contributed by atoms with Crippen LogP contribution in [0.4, 0.5) is 0 Å². The molecule has 8 atom stereocenters. The second-order valence-corrected chi connectivity index (χ2v) is 20.6. The highest BCUT2D eigenvalue weighted by atomic mass is 28.4. The minimum Gasteiger partial charge on any atom is -0.407 e. The highest BCUT2D eigenvalue weighted by Crippen LogP contribution is 2.49. The number of rotatable bonds is 16. The summed E-state index contributed by atoms with van der Waals surface area (Å²) in [5, 5.41) is 24.2. The quantitative estimate of drug-likeness (QED) is 0.0678. The molecule has 1 fully saturated rings. The SMILES string of the molecule is CC[C@@H](C)/C=C(\C)C[C@@H](C)C[C@@H](C)/C=C/C=C/C=C/C(=O)N[C@H](CO)C[C@]12OC(C)(C)O[C@H]1[C@H](O)C=C[C@H]2O[Si](C)(C)C(C)(C)C. The van der Waals surface area contributed by atoms with Crippen molar-refractivity contribution in [3.8, 4) is 0 Å². The van der Waals surface area contributed by atoms with E-state index in [9.17, 15) is 15.0 Å². The molecule has 1 aliphatic carbocycles. The Morgan fingerprint density at radius 3 is 2.35 bits per heavy atom. The minimum absolute atomic E-state index is 0.0549. The largest absolute Gasteiger partial charge is 0.407 e. The van der Waals surface area contributed by atoms with Crippen LogP contribution in [-0.4, -0.2) is 66.8 Å². The fourth-order valence-corrected chi connectivity index (χ4v) is 7.51. The van der Waals surface area contributed by atoms with Crippen LogP contribution in [0.3, 0.4) is 0 Å². The molecule has 2 rings (SSSR count). The summed E-state index contributed by atoms with van der Waals surface area (Å²) in [6, 6.07) is -0.642. The van der Waals surface area contributed by atoms with Gasteiger partial charge in [-0.1, -0.05) is 109 Å². The lowest BCUT2D eigenvalue weighted by Gasteiger charge is -2.48. The Balaban J connectivity index is 2.04. The summed E-state index contributed by atoms with van der Waals surface area (Å²) < 4.78 is 19.6. The highest BCUT2D eigenvalue weighted by Gasteiger charge is 2.62. The summed E-state index contributed by atoms with van der Waals surface area (Å²) in [4.78, 5) is 12.9. The van der Waals surface area contributed by atoms with Crippen molar-refractivity contribution in [1.82, 2.24) is 5.32 Å². The number of allylic oxidation sites excluding steroid dienone is 7. The van der Waals surface area contributed by atoms with Crippen LogP contribution in [0.1, 0.15) is 94.9 Å². The van der Waals surface area contributed by atoms with Gasteiger partial charge < -0.3 is 29.4 Å². The van der Waals surface area contributed by atoms with Gasteiger partial charge in [0, 0.05) is 12.5 Å². The predicted molar refractivity (Wildman–Crippen MR) is 192 cm³/mol. The number of carbonyl (C=O) groups is 1. The van der Waals surface area contributed by atoms with E-state index >= 15 is 0 Å². The van der Waals surface area contributed by atoms with Crippen molar-refractivity contribution in [3.63, 3.8) is 0 Å². The van der Waals surface area contributed by atoms with Crippen LogP contribution in [0.15, 0.2) is 60.3 Å². The van der Waals surface area contributed by atoms with Gasteiger partial charge in [-0.15, -0.1) is 0 Å². The van der Waals surface area contributed by atoms with Crippen LogP contribution in [0, 0.1) is 17.8 Å². The van der Waals surface area contributed by atoms with Gasteiger partial charge >= 0.3 is 0 Å². The van der Waals surface area contributed by atoms with Crippen molar-refractivity contribution in [2.75, 3.05) is 6.61 Å². The minimum atomic E-state index is -2.26. The fourth-order valence-electron chi connectivity index (χ4n) is 6.25. The molecule has 1 saturated heterocycles. The normalized spacial score (nSPS) is 28.1. The molecule has 1 heterocycles. The van der Waals surface area contributed by atoms with Gasteiger partial charge in [0.15, 0.2) is 14.1 Å². The fraction of sp³-hybridized carbons (Fsp3) is 0.711. The molecule has 8 heteroatoms. The van der Waals surface area contributed by atoms with Crippen LogP contribution >= 0.6 is 0 Å². The Kier molecular flexibility index (Phi) is 14.9. The number of aliphatic hydroxyl groups excluding tert-OH is 2. The van der Waals surface area contributed by atoms with Crippen molar-refractivity contribution < 1.29 is 28.9 Å². The molecule has 262 valence electrons. The standard InChI is InChI=1S/C38H65NO6Si/c1-13-27(2)22-29(4)24-30(5)23-28(3)18-16-14-15-17-19-34(42)39-31(26-40)25-38-33(44-46(11,12)36(6,7)8)21-20-32(41)35(38)43-37(9,10)45-38/h14-22,27-28,30-33,35,40-41H,13,23-26H2,1-12H3,(H,39,42)/b15-14+,18-16+,19-17+,29-22+/t27-,28+,30+,31+,32-,33-,35+,38-/m1/s1. The molecule has 0 bridgehead atoms. The Morgan fingerprint density at radius 2 is 1.74 bits per heavy atom. The molecule has 0 saturated carbocycles. The molecular weight excluding hydrogens is 595 g/mol. The maximum Gasteiger partial charge on any atom is 0.244 e. The number of carbonyl (C=O) groups excluding carboxylic acids is 1. The highest BCUT2D eigenvalue weighted by molar-refractivity contribution is 6.74. The molecule has 1 amide bonds. The van der Waals surface area contributed by atoms with E-state index in [1.165, 1.54) is 18.1 Å². The zero-order valence-electron chi connectivity index (χ0n) is 30.8. The molecule has 0 aromatic heterocycles. The molecule has 46 heavy (non-hydrogen) atoms. The first kappa shape index (κ1) is 40.4. The third kappa shape index (κ3) is 11.7. The summed E-state index contributed by atoms with van der Waals surface area (Å²) in [6.07, 6.45) is 18.6. The zero-order chi connectivity index (χ0) is 34.9. The predicted octanol–water partition coefficient (Wildman–Crippen LogP) is 7.78. The average molecular weight is 660 g/mol. The topological polar surface area (TPSA) is 97.3 Å². The number of nitrogens with one attached hydrogen (secondary N) is 1. The second kappa shape index (κ2) is 17.0. The second-order valence-electron chi connectivity index (χ2n) is 15.8. The molecule has 3 N–H and O–H groups in total. The number of ether oxygens (including phenoxy) is 2. The lowest BCUT2D eigenvalue weighted by molar-refractivity contribution is -0.180. The van der Waals surface area contributed by atoms with Gasteiger partial charge in [0.25, 0.3) is 0 Å². The van der Waals surface area contributed by atoms with Crippen LogP contribution < -0.4 is 5.32 Å². The van der Waals surface area contributed by atoms with E-state index < -0.39 is 44.1 Å². The van der Waals surface area contributed by atoms with Crippen molar-refractivity contribution in [3.05, 3.63) is 60.3 Å². The molecule has 7 nitrogen and oxygen atoms in total. The maximum absolute atomic E-state index is 12.9. The summed E-state index contributed by atoms with van der Waals surface area (Å²) in [7, 11) is -2.26. The number of fused-ring (bicyclic) bond motifs is 1. The van der Waals surface area contributed by atoms with E-state index in [2.05, 4.69) is 86.0 Å². The number of hydrogen-bond acceptors (Lipinski definition) is 6. The van der Waals surface area contributed by atoms with E-state index in [0.29, 0.717) is 17.8 Å². The third-order valence-corrected chi connectivity index (χ3v) is 14.1. The van der Waals surface area contributed by atoms with Crippen LogP contribution in [0.25, 0.3) is 0 Å². The van der Waals surface area contributed by atoms with E-state index in [-0.39, 0.29) is 24.0 Å². The summed E-state index contributed by atoms with van der Waals surface area (Å²) in [5.41, 5.74) is 0.379. The van der Waals surface area contributed by atoms with E-state index in [0.717, 1.165) is 12.8 Å². The first-order valence-electron chi connectivity index (χ1n) is 17.3. The Morgan fingerprint density at radius 1 is 1.09 bits per heavy atom. The van der Waals surface area contributed by atoms with Gasteiger partial charge in [-0.25, -0.2) is 0 Å². The monoisotopic (exact) mass is 659 g/mol. The van der Waals surface area contributed by atoms with Gasteiger partial charge in [-0.2, -0.15) is 0 Å². The van der Waals surface area contributed by atoms with Crippen molar-refractivity contribution in [1.29, 1.82) is 0 Å². The van der Waals surface area contributed by atoms with E-state index in [1.54, 1.807) is 12.2 Å². The smallest absolute Gasteiger partial charge is 0.244 e. The summed E-state index contributed by atoms with van der Waals surface area (Å²) in [6.45, 7) is 25.5. The average Bonchev–Trinajstić information content (AvgIpc) is 3.22. The van der Waals surface area contributed by atoms with Gasteiger partial charge in [0.1, 0.15) is 17.8 Å². The van der Waals surface area contributed by atoms with Gasteiger partial charge in [0.2, 0.25) is 5.91 Å².